The van der Waals surface area contributed by atoms with Gasteiger partial charge in [-0.15, -0.1) is 0 Å². The van der Waals surface area contributed by atoms with Crippen LogP contribution in [0.1, 0.15) is 52.4 Å². The molecule has 1 fully saturated rings. The molecule has 1 N–H and O–H groups in total. The lowest BCUT2D eigenvalue weighted by atomic mass is 10.1. The van der Waals surface area contributed by atoms with Gasteiger partial charge < -0.3 is 5.11 Å². The number of unbranched alkanes of at least 4 members (excludes halogenated alkanes) is 2. The predicted molar refractivity (Wildman–Crippen MR) is 78.1 cm³/mol. The molecule has 0 unspecified atom stereocenters. The van der Waals surface area contributed by atoms with Crippen molar-refractivity contribution in [2.75, 3.05) is 0 Å². The van der Waals surface area contributed by atoms with Crippen LogP contribution in [0, 0.1) is 23.7 Å². The van der Waals surface area contributed by atoms with Gasteiger partial charge in [-0.2, -0.15) is 0 Å². The van der Waals surface area contributed by atoms with Gasteiger partial charge in [-0.1, -0.05) is 43.8 Å². The van der Waals surface area contributed by atoms with Gasteiger partial charge in [-0.05, 0) is 50.2 Å². The number of hydrogen-bond acceptors (Lipinski definition) is 1. The van der Waals surface area contributed by atoms with E-state index in [0.29, 0.717) is 0 Å². The zero-order valence-corrected chi connectivity index (χ0v) is 11.7. The minimum Gasteiger partial charge on any atom is -0.389 e. The van der Waals surface area contributed by atoms with Crippen LogP contribution in [0.15, 0.2) is 24.3 Å². The highest BCUT2D eigenvalue weighted by atomic mass is 16.3. The second-order valence-electron chi connectivity index (χ2n) is 5.23. The minimum absolute atomic E-state index is 0.388. The molecular weight excluding hydrogens is 220 g/mol. The van der Waals surface area contributed by atoms with Gasteiger partial charge in [-0.25, -0.2) is 0 Å². The summed E-state index contributed by atoms with van der Waals surface area (Å²) in [6.07, 6.45) is 15.2. The molecule has 0 amide bonds. The van der Waals surface area contributed by atoms with Crippen molar-refractivity contribution in [2.24, 2.45) is 11.8 Å². The smallest absolute Gasteiger partial charge is 0.0701 e. The molecule has 1 aliphatic rings. The summed E-state index contributed by atoms with van der Waals surface area (Å²) in [5, 5.41) is 9.01. The number of aliphatic hydroxyl groups excluding tert-OH is 1. The fourth-order valence-electron chi connectivity index (χ4n) is 2.00. The van der Waals surface area contributed by atoms with E-state index in [-0.39, 0.29) is 6.10 Å². The predicted octanol–water partition coefficient (Wildman–Crippen LogP) is 4.09. The van der Waals surface area contributed by atoms with Gasteiger partial charge in [0.15, 0.2) is 0 Å². The Morgan fingerprint density at radius 2 is 2.17 bits per heavy atom. The van der Waals surface area contributed by atoms with E-state index in [1.807, 2.05) is 0 Å². The van der Waals surface area contributed by atoms with Crippen LogP contribution in [-0.4, -0.2) is 11.2 Å². The molecule has 18 heavy (non-hydrogen) atoms. The lowest BCUT2D eigenvalue weighted by Crippen LogP contribution is -1.90. The summed E-state index contributed by atoms with van der Waals surface area (Å²) in [7, 11) is 0. The van der Waals surface area contributed by atoms with Gasteiger partial charge in [0, 0.05) is 6.42 Å². The zero-order valence-electron chi connectivity index (χ0n) is 11.7. The van der Waals surface area contributed by atoms with Crippen molar-refractivity contribution >= 4 is 0 Å². The summed E-state index contributed by atoms with van der Waals surface area (Å²) in [6.45, 7) is 3.97. The summed E-state index contributed by atoms with van der Waals surface area (Å²) < 4.78 is 0. The van der Waals surface area contributed by atoms with Gasteiger partial charge in [0.1, 0.15) is 0 Å². The molecule has 3 atom stereocenters. The van der Waals surface area contributed by atoms with Gasteiger partial charge in [0.2, 0.25) is 0 Å². The van der Waals surface area contributed by atoms with Crippen LogP contribution in [-0.2, 0) is 0 Å². The van der Waals surface area contributed by atoms with Crippen molar-refractivity contribution in [1.82, 2.24) is 0 Å². The first-order valence-electron chi connectivity index (χ1n) is 7.22. The molecule has 0 saturated heterocycles. The van der Waals surface area contributed by atoms with E-state index in [4.69, 9.17) is 5.11 Å². The summed E-state index contributed by atoms with van der Waals surface area (Å²) in [4.78, 5) is 0. The largest absolute Gasteiger partial charge is 0.389 e. The Hall–Kier alpha value is -1.00. The Kier molecular flexibility index (Phi) is 7.53. The first kappa shape index (κ1) is 15.1. The third-order valence-corrected chi connectivity index (χ3v) is 3.32. The molecule has 0 aromatic carbocycles. The number of allylic oxidation sites excluding steroid dienone is 3. The number of hydrogen-bond donors (Lipinski definition) is 1. The maximum Gasteiger partial charge on any atom is 0.0701 e. The number of rotatable bonds is 7. The molecule has 0 spiro atoms. The molecule has 0 heterocycles. The maximum atomic E-state index is 9.01. The van der Waals surface area contributed by atoms with E-state index < -0.39 is 0 Å². The van der Waals surface area contributed by atoms with Crippen LogP contribution in [0.25, 0.3) is 0 Å². The van der Waals surface area contributed by atoms with Crippen LogP contribution in [0.3, 0.4) is 0 Å². The lowest BCUT2D eigenvalue weighted by molar-refractivity contribution is 0.244. The van der Waals surface area contributed by atoms with Crippen LogP contribution < -0.4 is 0 Å². The van der Waals surface area contributed by atoms with Crippen molar-refractivity contribution in [2.45, 2.75) is 58.5 Å². The third kappa shape index (κ3) is 7.35. The minimum atomic E-state index is -0.388. The molecular formula is C17H26O. The second kappa shape index (κ2) is 9.00. The molecule has 0 aromatic heterocycles. The van der Waals surface area contributed by atoms with Crippen LogP contribution >= 0.6 is 0 Å². The molecule has 0 aromatic rings. The average molecular weight is 246 g/mol. The Balaban J connectivity index is 2.05. The summed E-state index contributed by atoms with van der Waals surface area (Å²) in [5.74, 6) is 7.84. The van der Waals surface area contributed by atoms with E-state index >= 15 is 0 Å². The van der Waals surface area contributed by atoms with Crippen LogP contribution in [0.4, 0.5) is 0 Å². The van der Waals surface area contributed by atoms with Gasteiger partial charge >= 0.3 is 0 Å². The summed E-state index contributed by atoms with van der Waals surface area (Å²) >= 11 is 0. The summed E-state index contributed by atoms with van der Waals surface area (Å²) in [5.41, 5.74) is 0. The van der Waals surface area contributed by atoms with E-state index in [2.05, 4.69) is 30.9 Å². The second-order valence-corrected chi connectivity index (χ2v) is 5.23. The van der Waals surface area contributed by atoms with E-state index in [0.717, 1.165) is 18.3 Å². The van der Waals surface area contributed by atoms with Crippen LogP contribution in [0.5, 0.6) is 0 Å². The van der Waals surface area contributed by atoms with Gasteiger partial charge in [0.25, 0.3) is 0 Å². The van der Waals surface area contributed by atoms with Crippen molar-refractivity contribution in [1.29, 1.82) is 0 Å². The highest BCUT2D eigenvalue weighted by Crippen LogP contribution is 2.43. The Bertz CT molecular complexity index is 327. The van der Waals surface area contributed by atoms with Crippen LogP contribution in [0.2, 0.25) is 0 Å². The fourth-order valence-corrected chi connectivity index (χ4v) is 2.00. The molecule has 100 valence electrons. The summed E-state index contributed by atoms with van der Waals surface area (Å²) in [6, 6.07) is 0. The van der Waals surface area contributed by atoms with Crippen molar-refractivity contribution < 1.29 is 5.11 Å². The van der Waals surface area contributed by atoms with Crippen molar-refractivity contribution in [3.8, 4) is 11.8 Å². The lowest BCUT2D eigenvalue weighted by Gasteiger charge is -1.91. The topological polar surface area (TPSA) is 20.2 Å². The molecule has 0 aliphatic heterocycles. The van der Waals surface area contributed by atoms with Gasteiger partial charge in [-0.3, -0.25) is 0 Å². The first-order valence-corrected chi connectivity index (χ1v) is 7.22. The Morgan fingerprint density at radius 3 is 2.89 bits per heavy atom. The quantitative estimate of drug-likeness (QED) is 0.407. The Labute approximate surface area is 112 Å². The Morgan fingerprint density at radius 1 is 1.33 bits per heavy atom. The average Bonchev–Trinajstić information content (AvgIpc) is 3.07. The highest BCUT2D eigenvalue weighted by molar-refractivity contribution is 5.17. The third-order valence-electron chi connectivity index (χ3n) is 3.32. The molecule has 1 aliphatic carbocycles. The SMILES string of the molecule is CCCC/C=C\C[C@H]1C[C@@H]1CC#C/C=C/[C@H](C)O. The molecule has 0 bridgehead atoms. The molecule has 1 heteroatoms. The number of aliphatic hydroxyl groups is 1. The monoisotopic (exact) mass is 246 g/mol. The molecule has 1 nitrogen and oxygen atoms in total. The normalized spacial score (nSPS) is 24.2. The van der Waals surface area contributed by atoms with Crippen molar-refractivity contribution in [3.05, 3.63) is 24.3 Å². The fraction of sp³-hybridized carbons (Fsp3) is 0.647. The first-order chi connectivity index (χ1) is 8.74. The van der Waals surface area contributed by atoms with E-state index in [9.17, 15) is 0 Å². The van der Waals surface area contributed by atoms with E-state index in [1.54, 1.807) is 19.1 Å². The van der Waals surface area contributed by atoms with E-state index in [1.165, 1.54) is 32.1 Å². The molecule has 1 saturated carbocycles. The van der Waals surface area contributed by atoms with Gasteiger partial charge in [0.05, 0.1) is 6.10 Å². The molecule has 0 radical (unpaired) electrons. The zero-order chi connectivity index (χ0) is 13.2. The maximum absolute atomic E-state index is 9.01. The molecule has 1 rings (SSSR count). The highest BCUT2D eigenvalue weighted by Gasteiger charge is 2.34. The van der Waals surface area contributed by atoms with Crippen molar-refractivity contribution in [3.63, 3.8) is 0 Å². The standard InChI is InChI=1S/C17H26O/c1-3-4-5-6-9-12-16-14-17(16)13-10-7-8-11-15(2)18/h6,8-9,11,15-18H,3-5,12-14H2,1-2H3/b9-6-,11-8+/t15-,16-,17-/m0/s1.